The number of anilines is 4. The molecule has 10 N–H and O–H groups in total. The molecule has 4 atom stereocenters. The predicted octanol–water partition coefficient (Wildman–Crippen LogP) is 13.1. The van der Waals surface area contributed by atoms with Gasteiger partial charge >= 0.3 is 11.9 Å². The highest BCUT2D eigenvalue weighted by molar-refractivity contribution is 6.14. The third kappa shape index (κ3) is 18.1. The smallest absolute Gasteiger partial charge is 0.305 e. The topological polar surface area (TPSA) is 282 Å². The van der Waals surface area contributed by atoms with E-state index in [-0.39, 0.29) is 75.3 Å². The zero-order valence-electron chi connectivity index (χ0n) is 51.7. The summed E-state index contributed by atoms with van der Waals surface area (Å²) in [5.41, 5.74) is 8.76. The van der Waals surface area contributed by atoms with Crippen LogP contribution in [0.15, 0.2) is 158 Å². The van der Waals surface area contributed by atoms with Crippen molar-refractivity contribution in [1.29, 1.82) is 0 Å². The van der Waals surface area contributed by atoms with E-state index in [2.05, 4.69) is 21.3 Å². The lowest BCUT2D eigenvalue weighted by molar-refractivity contribution is -0.140. The Bertz CT molecular complexity index is 3580. The largest absolute Gasteiger partial charge is 0.481 e. The molecule has 0 radical (unpaired) electrons. The first-order valence-electron chi connectivity index (χ1n) is 30.8. The standard InChI is InChI=1S/C72H78F2N6O12/c1-43(2)67-65(63(45-13-7-5-8-14-45)69(47-19-23-49(73)24-20-47)79(67)37-35-55(81)39-57(83)41-61(87)88)71(91)77-53-31-27-51(28-32-53)75-59(85)17-11-12-18-60(86)76-52-29-33-54(34-30-52)78-72(92)66-64(46-15-9-6-10-16-46)70(48-21-25-50(74)26-22-48)80(68(66)44(3)4)38-36-56(82)40-58(84)42-62(89)90/h5-10,13-16,19-34,43-44,55-58,81-84H,11-12,17-18,35-42H2,1-4H3,(H,75,85)(H,76,86)(H,77,91)(H,78,92)(H,87,88)(H,89,90)/t55-,56-,57-,58-/m0/s1. The van der Waals surface area contributed by atoms with Gasteiger partial charge in [0.15, 0.2) is 0 Å². The molecule has 20 heteroatoms. The van der Waals surface area contributed by atoms with E-state index in [1.54, 1.807) is 72.8 Å². The van der Waals surface area contributed by atoms with Crippen molar-refractivity contribution in [1.82, 2.24) is 9.13 Å². The normalized spacial score (nSPS) is 12.7. The number of benzene rings is 6. The fraction of sp³-hybridized carbons (Fsp3) is 0.306. The van der Waals surface area contributed by atoms with Crippen molar-refractivity contribution in [2.24, 2.45) is 0 Å². The summed E-state index contributed by atoms with van der Waals surface area (Å²) in [6, 6.07) is 43.6. The lowest BCUT2D eigenvalue weighted by Crippen LogP contribution is -2.22. The molecule has 0 aliphatic rings. The van der Waals surface area contributed by atoms with Gasteiger partial charge in [-0.1, -0.05) is 88.4 Å². The maximum absolute atomic E-state index is 14.8. The third-order valence-electron chi connectivity index (χ3n) is 15.7. The number of carboxylic acids is 2. The molecule has 482 valence electrons. The monoisotopic (exact) mass is 1260 g/mol. The maximum atomic E-state index is 14.8. The Balaban J connectivity index is 0.891. The van der Waals surface area contributed by atoms with Gasteiger partial charge in [0.2, 0.25) is 11.8 Å². The van der Waals surface area contributed by atoms with Crippen LogP contribution in [0.2, 0.25) is 0 Å². The highest BCUT2D eigenvalue weighted by Crippen LogP contribution is 2.45. The van der Waals surface area contributed by atoms with Gasteiger partial charge in [0.05, 0.1) is 59.8 Å². The highest BCUT2D eigenvalue weighted by Gasteiger charge is 2.33. The molecule has 4 amide bonds. The van der Waals surface area contributed by atoms with Gasteiger partial charge in [0.1, 0.15) is 11.6 Å². The predicted molar refractivity (Wildman–Crippen MR) is 350 cm³/mol. The SMILES string of the molecule is CC(C)c1c(C(=O)Nc2ccc(NC(=O)CCCCC(=O)Nc3ccc(NC(=O)c4c(-c5ccccc5)c(-c5ccc(F)cc5)n(CC[C@H](O)C[C@H](O)CC(=O)O)c4C(C)C)cc3)cc2)c(-c2ccccc2)c(-c2ccc(F)cc2)n1CC[C@H](O)C[C@H](O)CC(=O)O. The number of nitrogens with one attached hydrogen (secondary N) is 4. The minimum absolute atomic E-state index is 0.105. The number of carbonyl (C=O) groups is 6. The first kappa shape index (κ1) is 68.3. The van der Waals surface area contributed by atoms with Crippen molar-refractivity contribution in [3.63, 3.8) is 0 Å². The number of hydrogen-bond donors (Lipinski definition) is 10. The molecule has 0 bridgehead atoms. The second-order valence-corrected chi connectivity index (χ2v) is 23.6. The average molecular weight is 1260 g/mol. The van der Waals surface area contributed by atoms with Crippen LogP contribution >= 0.6 is 0 Å². The van der Waals surface area contributed by atoms with Gasteiger partial charge < -0.3 is 61.0 Å². The van der Waals surface area contributed by atoms with Crippen molar-refractivity contribution < 1.29 is 68.2 Å². The molecule has 92 heavy (non-hydrogen) atoms. The second kappa shape index (κ2) is 31.9. The van der Waals surface area contributed by atoms with Crippen LogP contribution in [0.4, 0.5) is 31.5 Å². The van der Waals surface area contributed by atoms with Gasteiger partial charge in [-0.15, -0.1) is 0 Å². The number of nitrogens with zero attached hydrogens (tertiary/aromatic N) is 2. The van der Waals surface area contributed by atoms with Crippen molar-refractivity contribution in [2.45, 2.75) is 141 Å². The number of hydrogen-bond acceptors (Lipinski definition) is 10. The van der Waals surface area contributed by atoms with E-state index in [1.807, 2.05) is 97.5 Å². The molecule has 0 aliphatic carbocycles. The zero-order valence-corrected chi connectivity index (χ0v) is 51.7. The fourth-order valence-corrected chi connectivity index (χ4v) is 11.7. The number of amides is 4. The molecule has 0 fully saturated rings. The molecule has 0 aliphatic heterocycles. The maximum Gasteiger partial charge on any atom is 0.305 e. The number of carbonyl (C=O) groups excluding carboxylic acids is 4. The summed E-state index contributed by atoms with van der Waals surface area (Å²) < 4.78 is 32.7. The van der Waals surface area contributed by atoms with Crippen LogP contribution in [0.1, 0.15) is 136 Å². The summed E-state index contributed by atoms with van der Waals surface area (Å²) in [7, 11) is 0. The molecule has 0 spiro atoms. The lowest BCUT2D eigenvalue weighted by Gasteiger charge is -2.20. The van der Waals surface area contributed by atoms with Crippen molar-refractivity contribution in [2.75, 3.05) is 21.3 Å². The number of aliphatic hydroxyl groups is 4. The molecular formula is C72H78F2N6O12. The Hall–Kier alpha value is -9.60. The van der Waals surface area contributed by atoms with Gasteiger partial charge in [-0.3, -0.25) is 28.8 Å². The van der Waals surface area contributed by atoms with E-state index in [4.69, 9.17) is 0 Å². The highest BCUT2D eigenvalue weighted by atomic mass is 19.1. The Labute approximate surface area is 532 Å². The Morgan fingerprint density at radius 2 is 0.728 bits per heavy atom. The summed E-state index contributed by atoms with van der Waals surface area (Å²) in [5, 5.41) is 72.7. The van der Waals surface area contributed by atoms with Gasteiger partial charge in [-0.2, -0.15) is 0 Å². The average Bonchev–Trinajstić information content (AvgIpc) is 1.60. The minimum atomic E-state index is -1.27. The molecule has 6 aromatic carbocycles. The lowest BCUT2D eigenvalue weighted by atomic mass is 9.94. The van der Waals surface area contributed by atoms with Crippen molar-refractivity contribution in [3.05, 3.63) is 192 Å². The van der Waals surface area contributed by atoms with E-state index in [9.17, 15) is 68.2 Å². The first-order valence-corrected chi connectivity index (χ1v) is 30.8. The number of aromatic nitrogens is 2. The van der Waals surface area contributed by atoms with Crippen LogP contribution in [0, 0.1) is 11.6 Å². The summed E-state index contributed by atoms with van der Waals surface area (Å²) >= 11 is 0. The molecular weight excluding hydrogens is 1180 g/mol. The zero-order chi connectivity index (χ0) is 66.2. The van der Waals surface area contributed by atoms with E-state index in [1.165, 1.54) is 24.3 Å². The van der Waals surface area contributed by atoms with Crippen LogP contribution in [-0.4, -0.2) is 99.8 Å². The Kier molecular flexibility index (Phi) is 23.7. The number of unbranched alkanes of at least 4 members (excludes halogenated alkanes) is 1. The van der Waals surface area contributed by atoms with Crippen LogP contribution < -0.4 is 21.3 Å². The van der Waals surface area contributed by atoms with E-state index in [0.717, 1.165) is 0 Å². The summed E-state index contributed by atoms with van der Waals surface area (Å²) in [4.78, 5) is 78.3. The number of aliphatic carboxylic acids is 2. The van der Waals surface area contributed by atoms with Gasteiger partial charge in [-0.05, 0) is 170 Å². The first-order chi connectivity index (χ1) is 44.0. The Morgan fingerprint density at radius 3 is 1.03 bits per heavy atom. The number of carboxylic acid groups (broad SMARTS) is 2. The van der Waals surface area contributed by atoms with E-state index in [0.29, 0.717) is 103 Å². The molecule has 0 saturated carbocycles. The van der Waals surface area contributed by atoms with Crippen molar-refractivity contribution >= 4 is 58.3 Å². The van der Waals surface area contributed by atoms with Gasteiger partial charge in [0, 0.05) is 71.2 Å². The van der Waals surface area contributed by atoms with E-state index < -0.39 is 72.6 Å². The summed E-state index contributed by atoms with van der Waals surface area (Å²) in [6.45, 7) is 8.07. The number of aliphatic hydroxyl groups excluding tert-OH is 4. The minimum Gasteiger partial charge on any atom is -0.481 e. The van der Waals surface area contributed by atoms with Gasteiger partial charge in [-0.25, -0.2) is 8.78 Å². The molecule has 18 nitrogen and oxygen atoms in total. The Morgan fingerprint density at radius 1 is 0.413 bits per heavy atom. The van der Waals surface area contributed by atoms with Crippen LogP contribution in [-0.2, 0) is 32.3 Å². The third-order valence-corrected chi connectivity index (χ3v) is 15.7. The van der Waals surface area contributed by atoms with Crippen LogP contribution in [0.5, 0.6) is 0 Å². The van der Waals surface area contributed by atoms with Gasteiger partial charge in [0.25, 0.3) is 11.8 Å². The molecule has 0 unspecified atom stereocenters. The molecule has 0 saturated heterocycles. The van der Waals surface area contributed by atoms with Crippen molar-refractivity contribution in [3.8, 4) is 44.8 Å². The molecule has 2 heterocycles. The van der Waals surface area contributed by atoms with E-state index >= 15 is 0 Å². The summed E-state index contributed by atoms with van der Waals surface area (Å²) in [5.74, 6) is -5.26. The van der Waals surface area contributed by atoms with Crippen LogP contribution in [0.3, 0.4) is 0 Å². The quantitative estimate of drug-likeness (QED) is 0.0182. The van der Waals surface area contributed by atoms with Crippen LogP contribution in [0.25, 0.3) is 44.8 Å². The molecule has 8 aromatic rings. The fourth-order valence-electron chi connectivity index (χ4n) is 11.7. The second-order valence-electron chi connectivity index (χ2n) is 23.6. The molecule has 2 aromatic heterocycles. The number of halogens is 2. The summed E-state index contributed by atoms with van der Waals surface area (Å²) in [6.07, 6.45) is -4.84. The molecule has 8 rings (SSSR count). The number of rotatable bonds is 31.